The van der Waals surface area contributed by atoms with Crippen molar-refractivity contribution in [3.8, 4) is 17.2 Å². The van der Waals surface area contributed by atoms with E-state index in [0.717, 1.165) is 18.5 Å². The summed E-state index contributed by atoms with van der Waals surface area (Å²) in [5.41, 5.74) is 1.84. The van der Waals surface area contributed by atoms with Crippen molar-refractivity contribution in [2.45, 2.75) is 19.8 Å². The summed E-state index contributed by atoms with van der Waals surface area (Å²) in [5, 5.41) is 7.03. The van der Waals surface area contributed by atoms with E-state index in [1.807, 2.05) is 24.3 Å². The fraction of sp³-hybridized carbons (Fsp3) is 0.250. The molecule has 0 aliphatic rings. The Morgan fingerprint density at radius 1 is 1.19 bits per heavy atom. The van der Waals surface area contributed by atoms with Gasteiger partial charge >= 0.3 is 0 Å². The maximum atomic E-state index is 12.7. The minimum atomic E-state index is -0.249. The number of nitrogens with zero attached hydrogens (tertiary/aromatic N) is 3. The molecule has 0 saturated carbocycles. The number of rotatable bonds is 8. The van der Waals surface area contributed by atoms with E-state index in [1.54, 1.807) is 36.3 Å². The molecule has 0 atom stereocenters. The van der Waals surface area contributed by atoms with E-state index in [4.69, 9.17) is 9.47 Å². The summed E-state index contributed by atoms with van der Waals surface area (Å²) in [6, 6.07) is 12.5. The molecule has 3 rings (SSSR count). The van der Waals surface area contributed by atoms with Gasteiger partial charge in [-0.3, -0.25) is 4.79 Å². The minimum Gasteiger partial charge on any atom is -0.493 e. The van der Waals surface area contributed by atoms with Crippen LogP contribution in [0.4, 0.5) is 5.69 Å². The highest BCUT2D eigenvalue weighted by Gasteiger charge is 2.14. The molecule has 0 spiro atoms. The third-order valence-corrected chi connectivity index (χ3v) is 4.00. The Kier molecular flexibility index (Phi) is 6.04. The number of ether oxygens (including phenoxy) is 2. The lowest BCUT2D eigenvalue weighted by Gasteiger charge is -2.13. The quantitative estimate of drug-likeness (QED) is 0.615. The Labute approximate surface area is 158 Å². The van der Waals surface area contributed by atoms with Crippen molar-refractivity contribution in [3.63, 3.8) is 0 Å². The van der Waals surface area contributed by atoms with Gasteiger partial charge in [-0.1, -0.05) is 25.5 Å². The molecule has 1 N–H and O–H groups in total. The number of unbranched alkanes of at least 4 members (excludes halogenated alkanes) is 1. The van der Waals surface area contributed by atoms with E-state index in [2.05, 4.69) is 22.3 Å². The Bertz CT molecular complexity index is 894. The zero-order chi connectivity index (χ0) is 19.1. The number of hydrogen-bond acceptors (Lipinski definition) is 5. The van der Waals surface area contributed by atoms with Crippen LogP contribution in [0.15, 0.2) is 55.1 Å². The molecular formula is C20H22N4O3. The predicted octanol–water partition coefficient (Wildman–Crippen LogP) is 3.71. The standard InChI is InChI=1S/C20H22N4O3/c1-3-4-11-27-18-10-9-15(12-19(18)26-2)20(25)23-16-7-5-6-8-17(16)24-14-21-13-22-24/h5-10,12-14H,3-4,11H2,1-2H3,(H,23,25). The normalized spacial score (nSPS) is 10.4. The molecule has 0 bridgehead atoms. The van der Waals surface area contributed by atoms with E-state index in [-0.39, 0.29) is 5.91 Å². The van der Waals surface area contributed by atoms with Crippen LogP contribution in [0.3, 0.4) is 0 Å². The lowest BCUT2D eigenvalue weighted by molar-refractivity contribution is 0.102. The number of carbonyl (C=O) groups is 1. The summed E-state index contributed by atoms with van der Waals surface area (Å²) in [4.78, 5) is 16.7. The fourth-order valence-electron chi connectivity index (χ4n) is 2.56. The average Bonchev–Trinajstić information content (AvgIpc) is 3.23. The fourth-order valence-corrected chi connectivity index (χ4v) is 2.56. The zero-order valence-corrected chi connectivity index (χ0v) is 15.4. The second kappa shape index (κ2) is 8.84. The van der Waals surface area contributed by atoms with E-state index in [1.165, 1.54) is 6.33 Å². The van der Waals surface area contributed by atoms with Crippen molar-refractivity contribution in [1.82, 2.24) is 14.8 Å². The van der Waals surface area contributed by atoms with Gasteiger partial charge in [-0.2, -0.15) is 5.10 Å². The van der Waals surface area contributed by atoms with Crippen molar-refractivity contribution in [2.75, 3.05) is 19.0 Å². The summed E-state index contributed by atoms with van der Waals surface area (Å²) in [5.74, 6) is 0.912. The predicted molar refractivity (Wildman–Crippen MR) is 103 cm³/mol. The zero-order valence-electron chi connectivity index (χ0n) is 15.4. The number of amides is 1. The molecular weight excluding hydrogens is 344 g/mol. The van der Waals surface area contributed by atoms with Crippen molar-refractivity contribution in [2.24, 2.45) is 0 Å². The van der Waals surface area contributed by atoms with Crippen LogP contribution in [0.5, 0.6) is 11.5 Å². The van der Waals surface area contributed by atoms with Gasteiger partial charge < -0.3 is 14.8 Å². The molecule has 0 fully saturated rings. The maximum absolute atomic E-state index is 12.7. The SMILES string of the molecule is CCCCOc1ccc(C(=O)Nc2ccccc2-n2cncn2)cc1OC. The molecule has 140 valence electrons. The van der Waals surface area contributed by atoms with Gasteiger partial charge in [0.15, 0.2) is 11.5 Å². The van der Waals surface area contributed by atoms with Gasteiger partial charge in [0, 0.05) is 5.56 Å². The molecule has 0 radical (unpaired) electrons. The minimum absolute atomic E-state index is 0.249. The first-order valence-corrected chi connectivity index (χ1v) is 8.79. The maximum Gasteiger partial charge on any atom is 0.255 e. The van der Waals surface area contributed by atoms with E-state index < -0.39 is 0 Å². The average molecular weight is 366 g/mol. The summed E-state index contributed by atoms with van der Waals surface area (Å²) < 4.78 is 12.7. The second-order valence-electron chi connectivity index (χ2n) is 5.88. The number of anilines is 1. The molecule has 1 aromatic heterocycles. The highest BCUT2D eigenvalue weighted by atomic mass is 16.5. The van der Waals surface area contributed by atoms with Crippen molar-refractivity contribution >= 4 is 11.6 Å². The van der Waals surface area contributed by atoms with Crippen molar-refractivity contribution < 1.29 is 14.3 Å². The molecule has 0 unspecified atom stereocenters. The van der Waals surface area contributed by atoms with Gasteiger partial charge in [-0.25, -0.2) is 9.67 Å². The topological polar surface area (TPSA) is 78.3 Å². The summed E-state index contributed by atoms with van der Waals surface area (Å²) in [6.45, 7) is 2.72. The molecule has 2 aromatic carbocycles. The van der Waals surface area contributed by atoms with E-state index >= 15 is 0 Å². The largest absolute Gasteiger partial charge is 0.493 e. The Hall–Kier alpha value is -3.35. The smallest absolute Gasteiger partial charge is 0.255 e. The third kappa shape index (κ3) is 4.44. The molecule has 7 heteroatoms. The first-order valence-electron chi connectivity index (χ1n) is 8.79. The molecule has 27 heavy (non-hydrogen) atoms. The number of para-hydroxylation sites is 2. The summed E-state index contributed by atoms with van der Waals surface area (Å²) >= 11 is 0. The van der Waals surface area contributed by atoms with Crippen molar-refractivity contribution in [1.29, 1.82) is 0 Å². The number of benzene rings is 2. The van der Waals surface area contributed by atoms with Crippen LogP contribution in [-0.2, 0) is 0 Å². The van der Waals surface area contributed by atoms with Crippen LogP contribution >= 0.6 is 0 Å². The number of nitrogens with one attached hydrogen (secondary N) is 1. The van der Waals surface area contributed by atoms with Crippen LogP contribution in [0.25, 0.3) is 5.69 Å². The van der Waals surface area contributed by atoms with Crippen LogP contribution in [0.2, 0.25) is 0 Å². The molecule has 0 aliphatic carbocycles. The molecule has 7 nitrogen and oxygen atoms in total. The Morgan fingerprint density at radius 3 is 2.78 bits per heavy atom. The van der Waals surface area contributed by atoms with Crippen LogP contribution in [0.1, 0.15) is 30.1 Å². The monoisotopic (exact) mass is 366 g/mol. The lowest BCUT2D eigenvalue weighted by Crippen LogP contribution is -2.14. The van der Waals surface area contributed by atoms with E-state index in [0.29, 0.717) is 29.4 Å². The van der Waals surface area contributed by atoms with Crippen molar-refractivity contribution in [3.05, 3.63) is 60.7 Å². The molecule has 1 amide bonds. The third-order valence-electron chi connectivity index (χ3n) is 4.00. The molecule has 0 aliphatic heterocycles. The molecule has 3 aromatic rings. The van der Waals surface area contributed by atoms with Crippen LogP contribution in [0, 0.1) is 0 Å². The number of carbonyl (C=O) groups excluding carboxylic acids is 1. The highest BCUT2D eigenvalue weighted by Crippen LogP contribution is 2.29. The summed E-state index contributed by atoms with van der Waals surface area (Å²) in [7, 11) is 1.56. The van der Waals surface area contributed by atoms with E-state index in [9.17, 15) is 4.79 Å². The van der Waals surface area contributed by atoms with Crippen LogP contribution < -0.4 is 14.8 Å². The van der Waals surface area contributed by atoms with Gasteiger partial charge in [-0.05, 0) is 36.8 Å². The summed E-state index contributed by atoms with van der Waals surface area (Å²) in [6.07, 6.45) is 5.04. The molecule has 1 heterocycles. The second-order valence-corrected chi connectivity index (χ2v) is 5.88. The van der Waals surface area contributed by atoms with Crippen LogP contribution in [-0.4, -0.2) is 34.4 Å². The van der Waals surface area contributed by atoms with Gasteiger partial charge in [0.1, 0.15) is 12.7 Å². The van der Waals surface area contributed by atoms with Gasteiger partial charge in [-0.15, -0.1) is 0 Å². The highest BCUT2D eigenvalue weighted by molar-refractivity contribution is 6.05. The Balaban J connectivity index is 1.79. The lowest BCUT2D eigenvalue weighted by atomic mass is 10.1. The van der Waals surface area contributed by atoms with Gasteiger partial charge in [0.25, 0.3) is 5.91 Å². The Morgan fingerprint density at radius 2 is 2.04 bits per heavy atom. The number of hydrogen-bond donors (Lipinski definition) is 1. The number of aromatic nitrogens is 3. The molecule has 0 saturated heterocycles. The van der Waals surface area contributed by atoms with Gasteiger partial charge in [0.05, 0.1) is 25.1 Å². The van der Waals surface area contributed by atoms with Gasteiger partial charge in [0.2, 0.25) is 0 Å². The first-order chi connectivity index (χ1) is 13.2. The number of methoxy groups -OCH3 is 1. The first kappa shape index (κ1) is 18.4.